The van der Waals surface area contributed by atoms with E-state index in [2.05, 4.69) is 0 Å². The molecule has 0 spiro atoms. The van der Waals surface area contributed by atoms with Crippen molar-refractivity contribution >= 4 is 5.97 Å². The van der Waals surface area contributed by atoms with E-state index in [9.17, 15) is 9.18 Å². The van der Waals surface area contributed by atoms with Crippen LogP contribution in [0.4, 0.5) is 4.39 Å². The summed E-state index contributed by atoms with van der Waals surface area (Å²) in [6.45, 7) is 0. The molecular weight excluding hydrogens is 303 g/mol. The molecule has 3 fully saturated rings. The van der Waals surface area contributed by atoms with E-state index in [4.69, 9.17) is 4.74 Å². The van der Waals surface area contributed by atoms with E-state index in [1.165, 1.54) is 56.9 Å². The van der Waals surface area contributed by atoms with Crippen LogP contribution in [0.25, 0.3) is 0 Å². The minimum absolute atomic E-state index is 0.0127. The van der Waals surface area contributed by atoms with Gasteiger partial charge in [0, 0.05) is 0 Å². The number of carbonyl (C=O) groups is 1. The molecule has 1 atom stereocenters. The molecule has 2 aliphatic carbocycles. The molecule has 2 saturated carbocycles. The molecule has 1 aromatic rings. The number of carbonyl (C=O) groups excluding carboxylic acids is 1. The monoisotopic (exact) mass is 330 g/mol. The van der Waals surface area contributed by atoms with Gasteiger partial charge in [0.2, 0.25) is 0 Å². The number of hydrogen-bond donors (Lipinski definition) is 0. The van der Waals surface area contributed by atoms with Crippen LogP contribution >= 0.6 is 0 Å². The van der Waals surface area contributed by atoms with Crippen LogP contribution in [0, 0.1) is 23.6 Å². The lowest BCUT2D eigenvalue weighted by Crippen LogP contribution is -2.41. The van der Waals surface area contributed by atoms with E-state index >= 15 is 0 Å². The molecule has 0 N–H and O–H groups in total. The summed E-state index contributed by atoms with van der Waals surface area (Å²) < 4.78 is 18.3. The van der Waals surface area contributed by atoms with Gasteiger partial charge in [0.15, 0.2) is 0 Å². The maximum absolute atomic E-state index is 13.1. The lowest BCUT2D eigenvalue weighted by atomic mass is 9.67. The topological polar surface area (TPSA) is 26.3 Å². The van der Waals surface area contributed by atoms with Crippen molar-refractivity contribution in [2.45, 2.75) is 69.8 Å². The number of halogens is 1. The second kappa shape index (κ2) is 6.85. The first-order valence-electron chi connectivity index (χ1n) is 9.64. The Morgan fingerprint density at radius 1 is 0.792 bits per heavy atom. The average Bonchev–Trinajstić information content (AvgIpc) is 2.60. The van der Waals surface area contributed by atoms with Gasteiger partial charge in [-0.15, -0.1) is 0 Å². The Morgan fingerprint density at radius 2 is 1.29 bits per heavy atom. The van der Waals surface area contributed by atoms with E-state index in [-0.39, 0.29) is 17.9 Å². The van der Waals surface area contributed by atoms with Crippen molar-refractivity contribution in [2.24, 2.45) is 17.8 Å². The number of hydrogen-bond acceptors (Lipinski definition) is 2. The maximum Gasteiger partial charge on any atom is 0.309 e. The first-order valence-corrected chi connectivity index (χ1v) is 9.64. The molecule has 1 aromatic carbocycles. The Morgan fingerprint density at radius 3 is 1.83 bits per heavy atom. The molecule has 1 aliphatic heterocycles. The Balaban J connectivity index is 1.24. The van der Waals surface area contributed by atoms with Crippen LogP contribution in [0.5, 0.6) is 0 Å². The number of ether oxygens (including phenoxy) is 1. The fraction of sp³-hybridized carbons (Fsp3) is 0.667. The molecule has 4 rings (SSSR count). The molecule has 1 heterocycles. The predicted octanol–water partition coefficient (Wildman–Crippen LogP) is 5.22. The van der Waals surface area contributed by atoms with Crippen LogP contribution in [0.1, 0.15) is 69.3 Å². The zero-order valence-electron chi connectivity index (χ0n) is 14.3. The zero-order chi connectivity index (χ0) is 16.5. The molecule has 0 radical (unpaired) electrons. The summed E-state index contributed by atoms with van der Waals surface area (Å²) in [4.78, 5) is 11.0. The van der Waals surface area contributed by atoms with Crippen LogP contribution in [0.2, 0.25) is 0 Å². The number of esters is 1. The van der Waals surface area contributed by atoms with Gasteiger partial charge in [-0.25, -0.2) is 4.39 Å². The van der Waals surface area contributed by atoms with Crippen LogP contribution in [0.15, 0.2) is 24.3 Å². The van der Waals surface area contributed by atoms with Crippen LogP contribution < -0.4 is 0 Å². The molecule has 3 aliphatic rings. The molecule has 1 unspecified atom stereocenters. The van der Waals surface area contributed by atoms with Crippen molar-refractivity contribution in [2.75, 3.05) is 0 Å². The Hall–Kier alpha value is -1.38. The SMILES string of the molecule is O=C1CC(C2CCC(C3CCC(c4ccc(F)cc4)CC3)CC2)O1. The third-order valence-corrected chi connectivity index (χ3v) is 6.77. The summed E-state index contributed by atoms with van der Waals surface area (Å²) in [5.74, 6) is 2.82. The summed E-state index contributed by atoms with van der Waals surface area (Å²) in [7, 11) is 0. The van der Waals surface area contributed by atoms with Crippen LogP contribution in [-0.2, 0) is 9.53 Å². The predicted molar refractivity (Wildman–Crippen MR) is 91.0 cm³/mol. The third kappa shape index (κ3) is 3.36. The molecule has 0 aromatic heterocycles. The summed E-state index contributed by atoms with van der Waals surface area (Å²) in [5.41, 5.74) is 1.31. The van der Waals surface area contributed by atoms with Gasteiger partial charge in [-0.2, -0.15) is 0 Å². The quantitative estimate of drug-likeness (QED) is 0.710. The number of rotatable bonds is 3. The number of cyclic esters (lactones) is 1. The van der Waals surface area contributed by atoms with Gasteiger partial charge >= 0.3 is 5.97 Å². The molecule has 0 bridgehead atoms. The smallest absolute Gasteiger partial charge is 0.309 e. The number of benzene rings is 1. The van der Waals surface area contributed by atoms with E-state index in [0.29, 0.717) is 18.3 Å². The molecule has 2 nitrogen and oxygen atoms in total. The van der Waals surface area contributed by atoms with Crippen LogP contribution in [-0.4, -0.2) is 12.1 Å². The van der Waals surface area contributed by atoms with Gasteiger partial charge in [-0.1, -0.05) is 12.1 Å². The van der Waals surface area contributed by atoms with Gasteiger partial charge in [0.05, 0.1) is 6.42 Å². The molecule has 1 saturated heterocycles. The average molecular weight is 330 g/mol. The molecule has 130 valence electrons. The highest BCUT2D eigenvalue weighted by Gasteiger charge is 2.39. The van der Waals surface area contributed by atoms with Gasteiger partial charge in [0.25, 0.3) is 0 Å². The van der Waals surface area contributed by atoms with Gasteiger partial charge < -0.3 is 4.74 Å². The Labute approximate surface area is 143 Å². The summed E-state index contributed by atoms with van der Waals surface area (Å²) in [6.07, 6.45) is 11.1. The maximum atomic E-state index is 13.1. The highest BCUT2D eigenvalue weighted by molar-refractivity contribution is 5.75. The van der Waals surface area contributed by atoms with Gasteiger partial charge in [0.1, 0.15) is 11.9 Å². The van der Waals surface area contributed by atoms with E-state index < -0.39 is 0 Å². The molecule has 0 amide bonds. The van der Waals surface area contributed by atoms with E-state index in [0.717, 1.165) is 11.8 Å². The van der Waals surface area contributed by atoms with Crippen molar-refractivity contribution in [3.8, 4) is 0 Å². The van der Waals surface area contributed by atoms with E-state index in [1.807, 2.05) is 12.1 Å². The van der Waals surface area contributed by atoms with Crippen molar-refractivity contribution in [3.63, 3.8) is 0 Å². The second-order valence-electron chi connectivity index (χ2n) is 8.07. The summed E-state index contributed by atoms with van der Waals surface area (Å²) in [6, 6.07) is 7.11. The lowest BCUT2D eigenvalue weighted by Gasteiger charge is -2.41. The van der Waals surface area contributed by atoms with Crippen molar-refractivity contribution in [1.82, 2.24) is 0 Å². The fourth-order valence-electron chi connectivity index (χ4n) is 5.23. The minimum Gasteiger partial charge on any atom is -0.461 e. The van der Waals surface area contributed by atoms with Crippen molar-refractivity contribution in [1.29, 1.82) is 0 Å². The summed E-state index contributed by atoms with van der Waals surface area (Å²) >= 11 is 0. The largest absolute Gasteiger partial charge is 0.461 e. The zero-order valence-corrected chi connectivity index (χ0v) is 14.3. The highest BCUT2D eigenvalue weighted by Crippen LogP contribution is 2.45. The molecule has 24 heavy (non-hydrogen) atoms. The second-order valence-corrected chi connectivity index (χ2v) is 8.07. The highest BCUT2D eigenvalue weighted by atomic mass is 19.1. The van der Waals surface area contributed by atoms with E-state index in [1.54, 1.807) is 12.1 Å². The molecule has 3 heteroatoms. The van der Waals surface area contributed by atoms with Crippen LogP contribution in [0.3, 0.4) is 0 Å². The first kappa shape index (κ1) is 16.1. The molecular formula is C21H27FO2. The summed E-state index contributed by atoms with van der Waals surface area (Å²) in [5, 5.41) is 0. The normalized spacial score (nSPS) is 36.7. The van der Waals surface area contributed by atoms with Gasteiger partial charge in [-0.3, -0.25) is 4.79 Å². The third-order valence-electron chi connectivity index (χ3n) is 6.77. The fourth-order valence-corrected chi connectivity index (χ4v) is 5.23. The Bertz CT molecular complexity index is 558. The van der Waals surface area contributed by atoms with Gasteiger partial charge in [-0.05, 0) is 92.7 Å². The minimum atomic E-state index is -0.138. The van der Waals surface area contributed by atoms with Crippen molar-refractivity contribution in [3.05, 3.63) is 35.6 Å². The Kier molecular flexibility index (Phi) is 4.60. The standard InChI is InChI=1S/C21H27FO2/c22-19-11-9-17(10-12-19)15-3-1-14(2-4-15)16-5-7-18(8-6-16)20-13-21(23)24-20/h9-12,14-16,18,20H,1-8,13H2. The first-order chi connectivity index (χ1) is 11.7. The lowest BCUT2D eigenvalue weighted by molar-refractivity contribution is -0.176. The van der Waals surface area contributed by atoms with Crippen molar-refractivity contribution < 1.29 is 13.9 Å².